The van der Waals surface area contributed by atoms with Crippen molar-refractivity contribution in [3.63, 3.8) is 0 Å². The zero-order chi connectivity index (χ0) is 11.4. The number of fused-ring (bicyclic) bond motifs is 1. The van der Waals surface area contributed by atoms with E-state index in [-0.39, 0.29) is 12.2 Å². The summed E-state index contributed by atoms with van der Waals surface area (Å²) >= 11 is 0. The number of rotatable bonds is 5. The minimum atomic E-state index is -0.320. The molecular weight excluding hydrogens is 200 g/mol. The maximum atomic E-state index is 10.0. The van der Waals surface area contributed by atoms with Crippen LogP contribution in [-0.2, 0) is 6.42 Å². The Labute approximate surface area is 97.3 Å². The minimum Gasteiger partial charge on any atom is -0.487 e. The lowest BCUT2D eigenvalue weighted by molar-refractivity contribution is 0.0423. The lowest BCUT2D eigenvalue weighted by Gasteiger charge is -2.17. The topological polar surface area (TPSA) is 29.5 Å². The Morgan fingerprint density at radius 3 is 2.94 bits per heavy atom. The Kier molecular flexibility index (Phi) is 3.83. The van der Waals surface area contributed by atoms with Crippen molar-refractivity contribution in [1.82, 2.24) is 0 Å². The highest BCUT2D eigenvalue weighted by Crippen LogP contribution is 2.30. The second-order valence-electron chi connectivity index (χ2n) is 4.53. The van der Waals surface area contributed by atoms with Crippen LogP contribution in [0.2, 0.25) is 0 Å². The Morgan fingerprint density at radius 2 is 2.19 bits per heavy atom. The highest BCUT2D eigenvalue weighted by Gasteiger charge is 2.28. The molecular formula is C14H20O2. The van der Waals surface area contributed by atoms with E-state index in [2.05, 4.69) is 13.0 Å². The fourth-order valence-electron chi connectivity index (χ4n) is 2.21. The molecule has 0 radical (unpaired) electrons. The summed E-state index contributed by atoms with van der Waals surface area (Å²) in [6.45, 7) is 2.17. The Morgan fingerprint density at radius 1 is 1.38 bits per heavy atom. The highest BCUT2D eigenvalue weighted by molar-refractivity contribution is 5.37. The van der Waals surface area contributed by atoms with E-state index in [1.807, 2.05) is 18.2 Å². The third-order valence-electron chi connectivity index (χ3n) is 3.20. The van der Waals surface area contributed by atoms with Gasteiger partial charge in [-0.3, -0.25) is 0 Å². The van der Waals surface area contributed by atoms with E-state index >= 15 is 0 Å². The molecule has 0 spiro atoms. The van der Waals surface area contributed by atoms with Gasteiger partial charge < -0.3 is 9.84 Å². The molecule has 88 valence electrons. The molecule has 2 atom stereocenters. The van der Waals surface area contributed by atoms with Gasteiger partial charge in [0.2, 0.25) is 0 Å². The standard InChI is InChI=1S/C14H20O2/c1-2-3-4-8-12(15)14-10-11-7-5-6-9-13(11)16-14/h5-7,9,12,14-15H,2-4,8,10H2,1H3. The van der Waals surface area contributed by atoms with Gasteiger partial charge in [0.15, 0.2) is 0 Å². The number of unbranched alkanes of at least 4 members (excludes halogenated alkanes) is 2. The van der Waals surface area contributed by atoms with Crippen LogP contribution in [0.4, 0.5) is 0 Å². The molecule has 16 heavy (non-hydrogen) atoms. The van der Waals surface area contributed by atoms with E-state index < -0.39 is 0 Å². The van der Waals surface area contributed by atoms with E-state index in [0.717, 1.165) is 25.0 Å². The Bertz CT molecular complexity index is 310. The predicted octanol–water partition coefficient (Wildman–Crippen LogP) is 2.93. The fraction of sp³-hybridized carbons (Fsp3) is 0.571. The third-order valence-corrected chi connectivity index (χ3v) is 3.20. The van der Waals surface area contributed by atoms with Crippen LogP contribution >= 0.6 is 0 Å². The van der Waals surface area contributed by atoms with Crippen LogP contribution in [0.1, 0.15) is 38.2 Å². The Balaban J connectivity index is 1.86. The molecule has 1 aromatic carbocycles. The smallest absolute Gasteiger partial charge is 0.129 e. The number of benzene rings is 1. The molecule has 2 heteroatoms. The van der Waals surface area contributed by atoms with Crippen LogP contribution in [0.5, 0.6) is 5.75 Å². The second kappa shape index (κ2) is 5.35. The van der Waals surface area contributed by atoms with Crippen LogP contribution in [0.3, 0.4) is 0 Å². The molecule has 0 amide bonds. The fourth-order valence-corrected chi connectivity index (χ4v) is 2.21. The number of hydrogen-bond donors (Lipinski definition) is 1. The molecule has 1 aliphatic rings. The van der Waals surface area contributed by atoms with E-state index in [1.165, 1.54) is 18.4 Å². The number of hydrogen-bond acceptors (Lipinski definition) is 2. The summed E-state index contributed by atoms with van der Waals surface area (Å²) in [7, 11) is 0. The normalized spacial score (nSPS) is 20.2. The molecule has 1 N–H and O–H groups in total. The van der Waals surface area contributed by atoms with E-state index in [4.69, 9.17) is 4.74 Å². The maximum Gasteiger partial charge on any atom is 0.129 e. The molecule has 2 rings (SSSR count). The van der Waals surface area contributed by atoms with Crippen molar-refractivity contribution in [2.75, 3.05) is 0 Å². The summed E-state index contributed by atoms with van der Waals surface area (Å²) < 4.78 is 5.75. The highest BCUT2D eigenvalue weighted by atomic mass is 16.5. The number of aliphatic hydroxyl groups is 1. The lowest BCUT2D eigenvalue weighted by Crippen LogP contribution is -2.29. The van der Waals surface area contributed by atoms with Crippen molar-refractivity contribution in [3.8, 4) is 5.75 Å². The molecule has 0 aromatic heterocycles. The average Bonchev–Trinajstić information content (AvgIpc) is 2.73. The average molecular weight is 220 g/mol. The summed E-state index contributed by atoms with van der Waals surface area (Å²) in [5.74, 6) is 0.946. The maximum absolute atomic E-state index is 10.0. The Hall–Kier alpha value is -1.02. The monoisotopic (exact) mass is 220 g/mol. The van der Waals surface area contributed by atoms with Gasteiger partial charge >= 0.3 is 0 Å². The molecule has 2 nitrogen and oxygen atoms in total. The molecule has 2 unspecified atom stereocenters. The minimum absolute atomic E-state index is 0.0331. The molecule has 0 aliphatic carbocycles. The molecule has 1 heterocycles. The van der Waals surface area contributed by atoms with Crippen molar-refractivity contribution in [2.24, 2.45) is 0 Å². The number of para-hydroxylation sites is 1. The van der Waals surface area contributed by atoms with Crippen LogP contribution in [0.15, 0.2) is 24.3 Å². The summed E-state index contributed by atoms with van der Waals surface area (Å²) in [5.41, 5.74) is 1.22. The van der Waals surface area contributed by atoms with E-state index in [0.29, 0.717) is 0 Å². The summed E-state index contributed by atoms with van der Waals surface area (Å²) in [6.07, 6.45) is 4.83. The summed E-state index contributed by atoms with van der Waals surface area (Å²) in [6, 6.07) is 8.06. The largest absolute Gasteiger partial charge is 0.487 e. The van der Waals surface area contributed by atoms with E-state index in [9.17, 15) is 5.11 Å². The van der Waals surface area contributed by atoms with Crippen molar-refractivity contribution in [3.05, 3.63) is 29.8 Å². The van der Waals surface area contributed by atoms with Gasteiger partial charge in [0.05, 0.1) is 6.10 Å². The van der Waals surface area contributed by atoms with Gasteiger partial charge in [-0.2, -0.15) is 0 Å². The van der Waals surface area contributed by atoms with Crippen molar-refractivity contribution in [1.29, 1.82) is 0 Å². The van der Waals surface area contributed by atoms with Gasteiger partial charge in [-0.25, -0.2) is 0 Å². The first kappa shape index (κ1) is 11.5. The van der Waals surface area contributed by atoms with Gasteiger partial charge in [-0.05, 0) is 18.1 Å². The van der Waals surface area contributed by atoms with Crippen molar-refractivity contribution in [2.45, 2.75) is 51.2 Å². The van der Waals surface area contributed by atoms with Gasteiger partial charge in [-0.1, -0.05) is 44.4 Å². The van der Waals surface area contributed by atoms with Crippen LogP contribution in [0.25, 0.3) is 0 Å². The molecule has 0 bridgehead atoms. The van der Waals surface area contributed by atoms with Crippen LogP contribution in [-0.4, -0.2) is 17.3 Å². The SMILES string of the molecule is CCCCCC(O)C1Cc2ccccc2O1. The van der Waals surface area contributed by atoms with Gasteiger partial charge in [0.25, 0.3) is 0 Å². The second-order valence-corrected chi connectivity index (χ2v) is 4.53. The number of ether oxygens (including phenoxy) is 1. The van der Waals surface area contributed by atoms with Crippen molar-refractivity contribution >= 4 is 0 Å². The zero-order valence-corrected chi connectivity index (χ0v) is 9.86. The predicted molar refractivity (Wildman–Crippen MR) is 64.7 cm³/mol. The summed E-state index contributed by atoms with van der Waals surface area (Å²) in [4.78, 5) is 0. The van der Waals surface area contributed by atoms with Crippen LogP contribution in [0, 0.1) is 0 Å². The first-order valence-corrected chi connectivity index (χ1v) is 6.24. The molecule has 1 aliphatic heterocycles. The first-order valence-electron chi connectivity index (χ1n) is 6.24. The third kappa shape index (κ3) is 2.56. The van der Waals surface area contributed by atoms with Crippen LogP contribution < -0.4 is 4.74 Å². The van der Waals surface area contributed by atoms with Gasteiger partial charge in [-0.15, -0.1) is 0 Å². The first-order chi connectivity index (χ1) is 7.81. The van der Waals surface area contributed by atoms with Gasteiger partial charge in [0, 0.05) is 6.42 Å². The van der Waals surface area contributed by atoms with E-state index in [1.54, 1.807) is 0 Å². The molecule has 0 saturated carbocycles. The number of aliphatic hydroxyl groups excluding tert-OH is 1. The molecule has 0 fully saturated rings. The quantitative estimate of drug-likeness (QED) is 0.773. The van der Waals surface area contributed by atoms with Crippen molar-refractivity contribution < 1.29 is 9.84 Å². The van der Waals surface area contributed by atoms with Gasteiger partial charge in [0.1, 0.15) is 11.9 Å². The zero-order valence-electron chi connectivity index (χ0n) is 9.86. The lowest BCUT2D eigenvalue weighted by atomic mass is 10.0. The molecule has 1 aromatic rings. The summed E-state index contributed by atoms with van der Waals surface area (Å²) in [5, 5.41) is 10.0. The molecule has 0 saturated heterocycles.